The van der Waals surface area contributed by atoms with E-state index in [1.165, 1.54) is 19.2 Å². The lowest BCUT2D eigenvalue weighted by molar-refractivity contribution is -0.0515. The van der Waals surface area contributed by atoms with Crippen LogP contribution in [0.25, 0.3) is 0 Å². The summed E-state index contributed by atoms with van der Waals surface area (Å²) in [5.41, 5.74) is 0.0273. The van der Waals surface area contributed by atoms with E-state index in [-0.39, 0.29) is 17.1 Å². The van der Waals surface area contributed by atoms with Crippen molar-refractivity contribution in [1.29, 1.82) is 0 Å². The molecule has 1 aromatic carbocycles. The summed E-state index contributed by atoms with van der Waals surface area (Å²) < 4.78 is 34.3. The van der Waals surface area contributed by atoms with Crippen LogP contribution in [-0.4, -0.2) is 51.7 Å². The summed E-state index contributed by atoms with van der Waals surface area (Å²) >= 11 is 0. The van der Waals surface area contributed by atoms with Crippen LogP contribution in [0.2, 0.25) is 0 Å². The normalized spacial score (nSPS) is 10.8. The molecule has 1 rings (SSSR count). The highest BCUT2D eigenvalue weighted by Gasteiger charge is 2.19. The van der Waals surface area contributed by atoms with Gasteiger partial charge < -0.3 is 19.7 Å². The van der Waals surface area contributed by atoms with E-state index in [1.54, 1.807) is 6.07 Å². The van der Waals surface area contributed by atoms with Crippen molar-refractivity contribution in [1.82, 2.24) is 10.2 Å². The van der Waals surface area contributed by atoms with Crippen molar-refractivity contribution >= 4 is 5.91 Å². The SMILES string of the molecule is COc1cccc(C(=O)NCCCN(C)C)c1OC(F)F. The van der Waals surface area contributed by atoms with E-state index >= 15 is 0 Å². The van der Waals surface area contributed by atoms with E-state index in [0.29, 0.717) is 6.54 Å². The zero-order valence-electron chi connectivity index (χ0n) is 12.4. The van der Waals surface area contributed by atoms with Crippen LogP contribution in [0.5, 0.6) is 11.5 Å². The van der Waals surface area contributed by atoms with E-state index < -0.39 is 12.5 Å². The largest absolute Gasteiger partial charge is 0.493 e. The van der Waals surface area contributed by atoms with Crippen LogP contribution >= 0.6 is 0 Å². The van der Waals surface area contributed by atoms with Crippen LogP contribution in [0.3, 0.4) is 0 Å². The molecule has 118 valence electrons. The Balaban J connectivity index is 2.78. The fourth-order valence-electron chi connectivity index (χ4n) is 1.76. The number of hydrogen-bond donors (Lipinski definition) is 1. The smallest absolute Gasteiger partial charge is 0.387 e. The minimum atomic E-state index is -3.03. The van der Waals surface area contributed by atoms with Crippen molar-refractivity contribution in [2.45, 2.75) is 13.0 Å². The van der Waals surface area contributed by atoms with E-state index in [4.69, 9.17) is 4.74 Å². The molecular weight excluding hydrogens is 282 g/mol. The molecule has 0 heterocycles. The molecule has 0 radical (unpaired) electrons. The lowest BCUT2D eigenvalue weighted by Gasteiger charge is -2.14. The Morgan fingerprint density at radius 2 is 2.10 bits per heavy atom. The first-order chi connectivity index (χ1) is 9.95. The van der Waals surface area contributed by atoms with Crippen molar-refractivity contribution in [3.8, 4) is 11.5 Å². The molecule has 0 saturated carbocycles. The summed E-state index contributed by atoms with van der Waals surface area (Å²) in [5, 5.41) is 2.67. The van der Waals surface area contributed by atoms with E-state index in [2.05, 4.69) is 10.1 Å². The van der Waals surface area contributed by atoms with Gasteiger partial charge >= 0.3 is 6.61 Å². The number of halogens is 2. The predicted octanol–water partition coefficient (Wildman–Crippen LogP) is 1.98. The van der Waals surface area contributed by atoms with Crippen LogP contribution < -0.4 is 14.8 Å². The Morgan fingerprint density at radius 3 is 2.67 bits per heavy atom. The van der Waals surface area contributed by atoms with Gasteiger partial charge in [0.1, 0.15) is 0 Å². The van der Waals surface area contributed by atoms with Gasteiger partial charge in [-0.15, -0.1) is 0 Å². The fourth-order valence-corrected chi connectivity index (χ4v) is 1.76. The number of ether oxygens (including phenoxy) is 2. The number of rotatable bonds is 8. The second-order valence-corrected chi connectivity index (χ2v) is 4.63. The maximum absolute atomic E-state index is 12.5. The van der Waals surface area contributed by atoms with Crippen LogP contribution in [0, 0.1) is 0 Å². The number of nitrogens with one attached hydrogen (secondary N) is 1. The van der Waals surface area contributed by atoms with Gasteiger partial charge in [-0.3, -0.25) is 4.79 Å². The zero-order valence-corrected chi connectivity index (χ0v) is 12.4. The molecule has 1 aromatic rings. The van der Waals surface area contributed by atoms with Crippen LogP contribution in [0.15, 0.2) is 18.2 Å². The number of para-hydroxylation sites is 1. The summed E-state index contributed by atoms with van der Waals surface area (Å²) in [5.74, 6) is -0.625. The number of nitrogens with zero attached hydrogens (tertiary/aromatic N) is 1. The van der Waals surface area contributed by atoms with Gasteiger partial charge in [0.15, 0.2) is 11.5 Å². The molecule has 0 unspecified atom stereocenters. The second-order valence-electron chi connectivity index (χ2n) is 4.63. The summed E-state index contributed by atoms with van der Waals surface area (Å²) in [6.07, 6.45) is 0.758. The van der Waals surface area contributed by atoms with Crippen LogP contribution in [0.4, 0.5) is 8.78 Å². The lowest BCUT2D eigenvalue weighted by atomic mass is 10.1. The lowest BCUT2D eigenvalue weighted by Crippen LogP contribution is -2.27. The van der Waals surface area contributed by atoms with Crippen LogP contribution in [-0.2, 0) is 0 Å². The summed E-state index contributed by atoms with van der Waals surface area (Å²) in [6, 6.07) is 4.42. The highest BCUT2D eigenvalue weighted by atomic mass is 19.3. The Morgan fingerprint density at radius 1 is 1.38 bits per heavy atom. The molecule has 7 heteroatoms. The summed E-state index contributed by atoms with van der Waals surface area (Å²) in [7, 11) is 5.18. The van der Waals surface area contributed by atoms with Gasteiger partial charge in [0.05, 0.1) is 12.7 Å². The molecule has 1 N–H and O–H groups in total. The number of carbonyl (C=O) groups is 1. The van der Waals surface area contributed by atoms with Crippen molar-refractivity contribution in [3.05, 3.63) is 23.8 Å². The molecule has 0 bridgehead atoms. The minimum absolute atomic E-state index is 0.0273. The average Bonchev–Trinajstić information content (AvgIpc) is 2.42. The highest BCUT2D eigenvalue weighted by Crippen LogP contribution is 2.32. The maximum Gasteiger partial charge on any atom is 0.387 e. The quantitative estimate of drug-likeness (QED) is 0.746. The van der Waals surface area contributed by atoms with Crippen molar-refractivity contribution in [2.24, 2.45) is 0 Å². The van der Waals surface area contributed by atoms with Gasteiger partial charge in [-0.25, -0.2) is 0 Å². The van der Waals surface area contributed by atoms with E-state index in [1.807, 2.05) is 19.0 Å². The summed E-state index contributed by atoms with van der Waals surface area (Å²) in [6.45, 7) is -1.76. The molecule has 0 fully saturated rings. The monoisotopic (exact) mass is 302 g/mol. The fraction of sp³-hybridized carbons (Fsp3) is 0.500. The number of carbonyl (C=O) groups excluding carboxylic acids is 1. The van der Waals surface area contributed by atoms with Gasteiger partial charge in [-0.2, -0.15) is 8.78 Å². The number of alkyl halides is 2. The van der Waals surface area contributed by atoms with Crippen molar-refractivity contribution < 1.29 is 23.0 Å². The first kappa shape index (κ1) is 17.2. The molecule has 0 aliphatic rings. The molecule has 1 amide bonds. The number of benzene rings is 1. The molecule has 0 aromatic heterocycles. The van der Waals surface area contributed by atoms with Crippen molar-refractivity contribution in [3.63, 3.8) is 0 Å². The molecule has 21 heavy (non-hydrogen) atoms. The topological polar surface area (TPSA) is 50.8 Å². The minimum Gasteiger partial charge on any atom is -0.493 e. The first-order valence-electron chi connectivity index (χ1n) is 6.50. The summed E-state index contributed by atoms with van der Waals surface area (Å²) in [4.78, 5) is 14.0. The third kappa shape index (κ3) is 5.55. The second kappa shape index (κ2) is 8.41. The maximum atomic E-state index is 12.5. The molecule has 0 saturated heterocycles. The first-order valence-corrected chi connectivity index (χ1v) is 6.50. The van der Waals surface area contributed by atoms with Crippen LogP contribution in [0.1, 0.15) is 16.8 Å². The van der Waals surface area contributed by atoms with Crippen molar-refractivity contribution in [2.75, 3.05) is 34.3 Å². The highest BCUT2D eigenvalue weighted by molar-refractivity contribution is 5.97. The standard InChI is InChI=1S/C14H20F2N2O3/c1-18(2)9-5-8-17-13(19)10-6-4-7-11(20-3)12(10)21-14(15)16/h4,6-7,14H,5,8-9H2,1-3H3,(H,17,19). The molecule has 0 aliphatic heterocycles. The van der Waals surface area contributed by atoms with Gasteiger partial charge in [0, 0.05) is 6.54 Å². The molecule has 0 aliphatic carbocycles. The molecule has 0 spiro atoms. The molecule has 0 atom stereocenters. The third-order valence-corrected chi connectivity index (χ3v) is 2.72. The Kier molecular flexibility index (Phi) is 6.87. The Labute approximate surface area is 122 Å². The molecular formula is C14H20F2N2O3. The van der Waals surface area contributed by atoms with Gasteiger partial charge in [0.2, 0.25) is 0 Å². The van der Waals surface area contributed by atoms with Gasteiger partial charge in [-0.05, 0) is 39.2 Å². The predicted molar refractivity (Wildman–Crippen MR) is 75.1 cm³/mol. The Bertz CT molecular complexity index is 468. The number of amides is 1. The van der Waals surface area contributed by atoms with Gasteiger partial charge in [-0.1, -0.05) is 6.07 Å². The Hall–Kier alpha value is -1.89. The van der Waals surface area contributed by atoms with E-state index in [9.17, 15) is 13.6 Å². The average molecular weight is 302 g/mol. The van der Waals surface area contributed by atoms with E-state index in [0.717, 1.165) is 13.0 Å². The third-order valence-electron chi connectivity index (χ3n) is 2.72. The number of methoxy groups -OCH3 is 1. The number of hydrogen-bond acceptors (Lipinski definition) is 4. The van der Waals surface area contributed by atoms with Gasteiger partial charge in [0.25, 0.3) is 5.91 Å². The molecule has 5 nitrogen and oxygen atoms in total. The zero-order chi connectivity index (χ0) is 15.8.